The van der Waals surface area contributed by atoms with Crippen molar-refractivity contribution >= 4 is 17.6 Å². The highest BCUT2D eigenvalue weighted by Crippen LogP contribution is 2.22. The van der Waals surface area contributed by atoms with Crippen molar-refractivity contribution in [2.75, 3.05) is 19.6 Å². The maximum absolute atomic E-state index is 13.7. The predicted octanol–water partition coefficient (Wildman–Crippen LogP) is 1.34. The molecule has 0 radical (unpaired) electrons. The Balaban J connectivity index is 2.18. The first-order valence-electron chi connectivity index (χ1n) is 5.70. The minimum atomic E-state index is -0.908. The molecular formula is C12H14ClFN2O2. The van der Waals surface area contributed by atoms with Crippen molar-refractivity contribution in [3.8, 4) is 0 Å². The fourth-order valence-electron chi connectivity index (χ4n) is 2.07. The lowest BCUT2D eigenvalue weighted by atomic mass is 10.1. The Kier molecular flexibility index (Phi) is 4.16. The maximum Gasteiger partial charge on any atom is 0.322 e. The van der Waals surface area contributed by atoms with Gasteiger partial charge in [-0.15, -0.1) is 0 Å². The third-order valence-corrected chi connectivity index (χ3v) is 3.42. The van der Waals surface area contributed by atoms with Gasteiger partial charge in [-0.25, -0.2) is 4.39 Å². The quantitative estimate of drug-likeness (QED) is 0.872. The van der Waals surface area contributed by atoms with Crippen molar-refractivity contribution in [2.45, 2.75) is 12.6 Å². The zero-order valence-electron chi connectivity index (χ0n) is 9.70. The zero-order chi connectivity index (χ0) is 13.1. The molecule has 4 nitrogen and oxygen atoms in total. The van der Waals surface area contributed by atoms with E-state index < -0.39 is 17.8 Å². The molecule has 1 aliphatic rings. The summed E-state index contributed by atoms with van der Waals surface area (Å²) in [5.41, 5.74) is 0.354. The van der Waals surface area contributed by atoms with Gasteiger partial charge in [-0.2, -0.15) is 0 Å². The Hall–Kier alpha value is -1.17. The molecule has 0 spiro atoms. The van der Waals surface area contributed by atoms with Crippen molar-refractivity contribution in [3.63, 3.8) is 0 Å². The molecule has 0 amide bonds. The minimum absolute atomic E-state index is 0.212. The number of carboxylic acids is 1. The Morgan fingerprint density at radius 2 is 2.39 bits per heavy atom. The van der Waals surface area contributed by atoms with Gasteiger partial charge in [-0.3, -0.25) is 9.69 Å². The number of halogens is 2. The van der Waals surface area contributed by atoms with Gasteiger partial charge in [0.25, 0.3) is 0 Å². The summed E-state index contributed by atoms with van der Waals surface area (Å²) >= 11 is 5.95. The van der Waals surface area contributed by atoms with E-state index in [-0.39, 0.29) is 6.54 Å². The minimum Gasteiger partial charge on any atom is -0.480 e. The Morgan fingerprint density at radius 1 is 1.61 bits per heavy atom. The van der Waals surface area contributed by atoms with E-state index in [0.29, 0.717) is 30.2 Å². The molecule has 0 unspecified atom stereocenters. The van der Waals surface area contributed by atoms with Crippen LogP contribution in [0.2, 0.25) is 5.02 Å². The lowest BCUT2D eigenvalue weighted by Crippen LogP contribution is -2.54. The summed E-state index contributed by atoms with van der Waals surface area (Å²) in [6, 6.07) is 3.83. The van der Waals surface area contributed by atoms with Crippen molar-refractivity contribution < 1.29 is 14.3 Å². The van der Waals surface area contributed by atoms with Crippen LogP contribution in [0.4, 0.5) is 4.39 Å². The summed E-state index contributed by atoms with van der Waals surface area (Å²) in [5.74, 6) is -1.31. The summed E-state index contributed by atoms with van der Waals surface area (Å²) in [5, 5.41) is 12.5. The van der Waals surface area contributed by atoms with Crippen molar-refractivity contribution in [1.29, 1.82) is 0 Å². The van der Waals surface area contributed by atoms with E-state index >= 15 is 0 Å². The molecule has 1 atom stereocenters. The summed E-state index contributed by atoms with van der Waals surface area (Å²) in [4.78, 5) is 12.8. The molecular weight excluding hydrogens is 259 g/mol. The van der Waals surface area contributed by atoms with E-state index in [1.807, 2.05) is 0 Å². The lowest BCUT2D eigenvalue weighted by molar-refractivity contribution is -0.144. The molecule has 18 heavy (non-hydrogen) atoms. The van der Waals surface area contributed by atoms with Gasteiger partial charge >= 0.3 is 5.97 Å². The molecule has 1 aromatic rings. The highest BCUT2D eigenvalue weighted by molar-refractivity contribution is 6.31. The molecule has 1 heterocycles. The molecule has 98 valence electrons. The second-order valence-corrected chi connectivity index (χ2v) is 4.64. The molecule has 1 aliphatic heterocycles. The number of piperazine rings is 1. The van der Waals surface area contributed by atoms with Crippen LogP contribution in [0.5, 0.6) is 0 Å². The lowest BCUT2D eigenvalue weighted by Gasteiger charge is -2.33. The summed E-state index contributed by atoms with van der Waals surface area (Å²) < 4.78 is 13.7. The van der Waals surface area contributed by atoms with E-state index in [1.54, 1.807) is 11.0 Å². The molecule has 1 saturated heterocycles. The zero-order valence-corrected chi connectivity index (χ0v) is 10.5. The van der Waals surface area contributed by atoms with Crippen molar-refractivity contribution in [3.05, 3.63) is 34.6 Å². The standard InChI is InChI=1S/C12H14ClFN2O2/c13-9-2-1-3-10(14)8(9)7-16-5-4-15-6-11(16)12(17)18/h1-3,11,15H,4-7H2,(H,17,18)/t11-/m0/s1. The van der Waals surface area contributed by atoms with Crippen LogP contribution >= 0.6 is 11.6 Å². The highest BCUT2D eigenvalue weighted by Gasteiger charge is 2.29. The number of carbonyl (C=O) groups is 1. The average Bonchev–Trinajstić information content (AvgIpc) is 2.34. The topological polar surface area (TPSA) is 52.6 Å². The molecule has 2 N–H and O–H groups in total. The molecule has 1 fully saturated rings. The summed E-state index contributed by atoms with van der Waals surface area (Å²) in [6.07, 6.45) is 0. The predicted molar refractivity (Wildman–Crippen MR) is 66.1 cm³/mol. The molecule has 6 heteroatoms. The fraction of sp³-hybridized carbons (Fsp3) is 0.417. The molecule has 1 aromatic carbocycles. The molecule has 0 saturated carbocycles. The van der Waals surface area contributed by atoms with Crippen LogP contribution in [-0.2, 0) is 11.3 Å². The number of benzene rings is 1. The Morgan fingerprint density at radius 3 is 3.06 bits per heavy atom. The largest absolute Gasteiger partial charge is 0.480 e. The van der Waals surface area contributed by atoms with Gasteiger partial charge in [0.2, 0.25) is 0 Å². The van der Waals surface area contributed by atoms with Gasteiger partial charge < -0.3 is 10.4 Å². The monoisotopic (exact) mass is 272 g/mol. The first kappa shape index (κ1) is 13.3. The van der Waals surface area contributed by atoms with Crippen LogP contribution in [0.1, 0.15) is 5.56 Å². The molecule has 0 aromatic heterocycles. The van der Waals surface area contributed by atoms with E-state index in [1.165, 1.54) is 12.1 Å². The Labute approximate surface area is 109 Å². The van der Waals surface area contributed by atoms with Gasteiger partial charge in [0.1, 0.15) is 11.9 Å². The number of rotatable bonds is 3. The third kappa shape index (κ3) is 2.80. The fourth-order valence-corrected chi connectivity index (χ4v) is 2.29. The number of nitrogens with zero attached hydrogens (tertiary/aromatic N) is 1. The smallest absolute Gasteiger partial charge is 0.322 e. The van der Waals surface area contributed by atoms with Crippen molar-refractivity contribution in [1.82, 2.24) is 10.2 Å². The normalized spacial score (nSPS) is 20.9. The van der Waals surface area contributed by atoms with Crippen LogP contribution in [0.15, 0.2) is 18.2 Å². The van der Waals surface area contributed by atoms with Crippen LogP contribution in [0.25, 0.3) is 0 Å². The first-order chi connectivity index (χ1) is 8.59. The van der Waals surface area contributed by atoms with Crippen molar-refractivity contribution in [2.24, 2.45) is 0 Å². The Bertz CT molecular complexity index is 435. The van der Waals surface area contributed by atoms with E-state index in [4.69, 9.17) is 16.7 Å². The number of hydrogen-bond acceptors (Lipinski definition) is 3. The second-order valence-electron chi connectivity index (χ2n) is 4.23. The van der Waals surface area contributed by atoms with Gasteiger partial charge in [-0.1, -0.05) is 17.7 Å². The van der Waals surface area contributed by atoms with E-state index in [0.717, 1.165) is 0 Å². The maximum atomic E-state index is 13.7. The first-order valence-corrected chi connectivity index (χ1v) is 6.08. The van der Waals surface area contributed by atoms with Gasteiger partial charge in [0, 0.05) is 36.8 Å². The molecule has 0 bridgehead atoms. The van der Waals surface area contributed by atoms with E-state index in [2.05, 4.69) is 5.32 Å². The van der Waals surface area contributed by atoms with Gasteiger partial charge in [0.05, 0.1) is 0 Å². The SMILES string of the molecule is O=C(O)[C@@H]1CNCCN1Cc1c(F)cccc1Cl. The number of carboxylic acid groups (broad SMARTS) is 1. The average molecular weight is 273 g/mol. The van der Waals surface area contributed by atoms with Crippen LogP contribution < -0.4 is 5.32 Å². The molecule has 2 rings (SSSR count). The number of nitrogens with one attached hydrogen (secondary N) is 1. The second kappa shape index (κ2) is 5.65. The van der Waals surface area contributed by atoms with Crippen LogP contribution in [-0.4, -0.2) is 41.7 Å². The third-order valence-electron chi connectivity index (χ3n) is 3.06. The van der Waals surface area contributed by atoms with E-state index in [9.17, 15) is 9.18 Å². The van der Waals surface area contributed by atoms with Gasteiger partial charge in [0.15, 0.2) is 0 Å². The van der Waals surface area contributed by atoms with Crippen LogP contribution in [0, 0.1) is 5.82 Å². The summed E-state index contributed by atoms with van der Waals surface area (Å²) in [6.45, 7) is 1.82. The molecule has 0 aliphatic carbocycles. The summed E-state index contributed by atoms with van der Waals surface area (Å²) in [7, 11) is 0. The van der Waals surface area contributed by atoms with Crippen LogP contribution in [0.3, 0.4) is 0 Å². The number of hydrogen-bond donors (Lipinski definition) is 2. The highest BCUT2D eigenvalue weighted by atomic mass is 35.5. The number of aliphatic carboxylic acids is 1. The van der Waals surface area contributed by atoms with Gasteiger partial charge in [-0.05, 0) is 12.1 Å².